The first-order valence-electron chi connectivity index (χ1n) is 6.84. The van der Waals surface area contributed by atoms with E-state index in [0.717, 1.165) is 5.56 Å². The molecule has 0 atom stereocenters. The molecule has 0 saturated carbocycles. The number of hydrogen-bond donors (Lipinski definition) is 0. The Hall–Kier alpha value is -3.61. The highest BCUT2D eigenvalue weighted by Gasteiger charge is 2.03. The SMILES string of the molecule is Cc1ccc(N=C=S)cc1N=C=O.O=C=Nc1nc(N=C=S)nc(N=C=S)n1. The minimum atomic E-state index is -0.187. The molecule has 136 valence electrons. The number of aromatic nitrogens is 3. The maximum absolute atomic E-state index is 10.0. The molecule has 1 aromatic carbocycles. The molecule has 2 aromatic rings. The lowest BCUT2D eigenvalue weighted by atomic mass is 10.2. The average Bonchev–Trinajstić information content (AvgIpc) is 2.66. The molecule has 0 aliphatic rings. The van der Waals surface area contributed by atoms with Gasteiger partial charge in [0.2, 0.25) is 12.2 Å². The highest BCUT2D eigenvalue weighted by molar-refractivity contribution is 7.78. The van der Waals surface area contributed by atoms with E-state index in [9.17, 15) is 9.59 Å². The summed E-state index contributed by atoms with van der Waals surface area (Å²) in [6.07, 6.45) is 2.75. The fourth-order valence-electron chi connectivity index (χ4n) is 1.51. The van der Waals surface area contributed by atoms with E-state index >= 15 is 0 Å². The van der Waals surface area contributed by atoms with Gasteiger partial charge in [-0.3, -0.25) is 0 Å². The molecule has 0 N–H and O–H groups in total. The second-order valence-corrected chi connectivity index (χ2v) is 4.77. The lowest BCUT2D eigenvalue weighted by Gasteiger charge is -1.97. The van der Waals surface area contributed by atoms with Crippen molar-refractivity contribution in [1.29, 1.82) is 0 Å². The van der Waals surface area contributed by atoms with Crippen LogP contribution in [0.3, 0.4) is 0 Å². The second-order valence-electron chi connectivity index (χ2n) is 4.22. The van der Waals surface area contributed by atoms with E-state index in [0.29, 0.717) is 11.4 Å². The van der Waals surface area contributed by atoms with Crippen molar-refractivity contribution < 1.29 is 9.59 Å². The summed E-state index contributed by atoms with van der Waals surface area (Å²) in [6, 6.07) is 5.24. The Bertz CT molecular complexity index is 1030. The quantitative estimate of drug-likeness (QED) is 0.398. The van der Waals surface area contributed by atoms with Crippen LogP contribution in [0.1, 0.15) is 5.56 Å². The van der Waals surface area contributed by atoms with E-state index in [2.05, 4.69) is 81.7 Å². The number of rotatable bonds is 5. The molecule has 1 aromatic heterocycles. The van der Waals surface area contributed by atoms with Crippen molar-refractivity contribution in [2.24, 2.45) is 25.0 Å². The number of hydrogen-bond acceptors (Lipinski definition) is 13. The second kappa shape index (κ2) is 12.7. The van der Waals surface area contributed by atoms with Gasteiger partial charge in [0.05, 0.1) is 26.9 Å². The molecule has 0 fully saturated rings. The van der Waals surface area contributed by atoms with Crippen LogP contribution in [0.25, 0.3) is 0 Å². The predicted octanol–water partition coefficient (Wildman–Crippen LogP) is 4.00. The van der Waals surface area contributed by atoms with Crippen molar-refractivity contribution >= 4 is 93.5 Å². The molecule has 2 rings (SSSR count). The van der Waals surface area contributed by atoms with Crippen LogP contribution in [0.2, 0.25) is 0 Å². The van der Waals surface area contributed by atoms with Crippen LogP contribution in [0.15, 0.2) is 43.2 Å². The predicted molar refractivity (Wildman–Crippen MR) is 111 cm³/mol. The Morgan fingerprint density at radius 2 is 1.25 bits per heavy atom. The van der Waals surface area contributed by atoms with Gasteiger partial charge in [-0.15, -0.1) is 4.99 Å². The summed E-state index contributed by atoms with van der Waals surface area (Å²) in [6.45, 7) is 1.85. The van der Waals surface area contributed by atoms with Crippen LogP contribution in [-0.2, 0) is 9.59 Å². The first-order chi connectivity index (χ1) is 13.6. The zero-order valence-corrected chi connectivity index (χ0v) is 16.3. The van der Waals surface area contributed by atoms with Crippen molar-refractivity contribution in [2.75, 3.05) is 0 Å². The number of benzene rings is 1. The van der Waals surface area contributed by atoms with Gasteiger partial charge in [-0.1, -0.05) is 6.07 Å². The van der Waals surface area contributed by atoms with Crippen molar-refractivity contribution in [3.05, 3.63) is 23.8 Å². The molecule has 0 bridgehead atoms. The maximum atomic E-state index is 10.0. The molecule has 28 heavy (non-hydrogen) atoms. The van der Waals surface area contributed by atoms with Gasteiger partial charge in [-0.25, -0.2) is 9.59 Å². The molecule has 13 heteroatoms. The third-order valence-corrected chi connectivity index (χ3v) is 2.84. The van der Waals surface area contributed by atoms with E-state index in [1.807, 2.05) is 23.3 Å². The Kier molecular flexibility index (Phi) is 10.2. The molecule has 0 amide bonds. The molecule has 0 aliphatic carbocycles. The van der Waals surface area contributed by atoms with Gasteiger partial charge < -0.3 is 0 Å². The zero-order chi connectivity index (χ0) is 20.8. The third kappa shape index (κ3) is 7.74. The van der Waals surface area contributed by atoms with Crippen LogP contribution in [0, 0.1) is 6.92 Å². The van der Waals surface area contributed by atoms with Gasteiger partial charge in [0, 0.05) is 0 Å². The number of nitrogens with zero attached hydrogens (tertiary/aromatic N) is 8. The van der Waals surface area contributed by atoms with Gasteiger partial charge >= 0.3 is 0 Å². The number of thiocarbonyl (C=S) groups is 3. The largest absolute Gasteiger partial charge is 0.267 e. The Morgan fingerprint density at radius 3 is 1.71 bits per heavy atom. The number of isothiocyanates is 3. The zero-order valence-electron chi connectivity index (χ0n) is 13.9. The molecule has 0 unspecified atom stereocenters. The highest BCUT2D eigenvalue weighted by Crippen LogP contribution is 2.23. The molecular weight excluding hydrogens is 420 g/mol. The fourth-order valence-corrected chi connectivity index (χ4v) is 1.77. The summed E-state index contributed by atoms with van der Waals surface area (Å²) < 4.78 is 0. The normalized spacial score (nSPS) is 8.18. The summed E-state index contributed by atoms with van der Waals surface area (Å²) in [5, 5.41) is 6.34. The summed E-state index contributed by atoms with van der Waals surface area (Å²) in [4.78, 5) is 48.4. The van der Waals surface area contributed by atoms with E-state index in [1.54, 1.807) is 12.1 Å². The van der Waals surface area contributed by atoms with Crippen molar-refractivity contribution in [3.63, 3.8) is 0 Å². The van der Waals surface area contributed by atoms with Crippen molar-refractivity contribution in [3.8, 4) is 0 Å². The number of carbonyl (C=O) groups excluding carboxylic acids is 2. The highest BCUT2D eigenvalue weighted by atomic mass is 32.1. The van der Waals surface area contributed by atoms with E-state index in [4.69, 9.17) is 0 Å². The monoisotopic (exact) mass is 426 g/mol. The molecule has 0 saturated heterocycles. The molecule has 10 nitrogen and oxygen atoms in total. The lowest BCUT2D eigenvalue weighted by molar-refractivity contribution is 0.564. The average molecular weight is 426 g/mol. The Balaban J connectivity index is 0.000000283. The number of isocyanates is 2. The van der Waals surface area contributed by atoms with E-state index in [-0.39, 0.29) is 17.8 Å². The molecule has 1 heterocycles. The van der Waals surface area contributed by atoms with Gasteiger partial charge in [-0.05, 0) is 61.3 Å². The van der Waals surface area contributed by atoms with Crippen LogP contribution in [0.4, 0.5) is 29.2 Å². The van der Waals surface area contributed by atoms with Crippen molar-refractivity contribution in [2.45, 2.75) is 6.92 Å². The summed E-state index contributed by atoms with van der Waals surface area (Å²) in [5.74, 6) is -0.330. The van der Waals surface area contributed by atoms with Crippen LogP contribution in [0.5, 0.6) is 0 Å². The van der Waals surface area contributed by atoms with Gasteiger partial charge in [-0.2, -0.15) is 34.9 Å². The number of aliphatic imine (C=N–C) groups is 5. The summed E-state index contributed by atoms with van der Waals surface area (Å²) >= 11 is 13.2. The van der Waals surface area contributed by atoms with Crippen LogP contribution in [-0.4, -0.2) is 42.6 Å². The minimum Gasteiger partial charge on any atom is -0.211 e. The molecule has 0 spiro atoms. The Morgan fingerprint density at radius 1 is 0.750 bits per heavy atom. The van der Waals surface area contributed by atoms with E-state index < -0.39 is 0 Å². The smallest absolute Gasteiger partial charge is 0.211 e. The van der Waals surface area contributed by atoms with Crippen LogP contribution >= 0.6 is 36.7 Å². The standard InChI is InChI=1S/C9H6N2OS.C6N6OS2/c1-7-2-3-8(11-6-13)4-9(7)10-5-12;13-1-7-4-10-5(8-2-14)12-6(11-4)9-3-15/h2-4H,1H3;. The van der Waals surface area contributed by atoms with E-state index in [1.165, 1.54) is 12.2 Å². The topological polar surface area (TPSA) is 135 Å². The molecule has 0 radical (unpaired) electrons. The third-order valence-electron chi connectivity index (χ3n) is 2.57. The van der Waals surface area contributed by atoms with Crippen molar-refractivity contribution in [1.82, 2.24) is 15.0 Å². The molecular formula is C15H6N8O2S3. The maximum Gasteiger partial charge on any atom is 0.267 e. The lowest BCUT2D eigenvalue weighted by Crippen LogP contribution is -1.86. The Labute approximate surface area is 173 Å². The first-order valence-corrected chi connectivity index (χ1v) is 8.06. The first kappa shape index (κ1) is 22.4. The van der Waals surface area contributed by atoms with Crippen LogP contribution < -0.4 is 0 Å². The van der Waals surface area contributed by atoms with Gasteiger partial charge in [0.15, 0.2) is 0 Å². The van der Waals surface area contributed by atoms with Gasteiger partial charge in [0.25, 0.3) is 17.8 Å². The number of aryl methyl sites for hydroxylation is 1. The fraction of sp³-hybridized carbons (Fsp3) is 0.0667. The van der Waals surface area contributed by atoms with Gasteiger partial charge in [0.1, 0.15) is 0 Å². The summed E-state index contributed by atoms with van der Waals surface area (Å²) in [7, 11) is 0. The summed E-state index contributed by atoms with van der Waals surface area (Å²) in [5.41, 5.74) is 2.09. The molecule has 0 aliphatic heterocycles. The minimum absolute atomic E-state index is 0.0713.